The van der Waals surface area contributed by atoms with Crippen molar-refractivity contribution in [2.24, 2.45) is 0 Å². The summed E-state index contributed by atoms with van der Waals surface area (Å²) in [5, 5.41) is 12.1. The zero-order chi connectivity index (χ0) is 15.5. The monoisotopic (exact) mass is 288 g/mol. The molecule has 0 bridgehead atoms. The van der Waals surface area contributed by atoms with Crippen molar-refractivity contribution in [2.75, 3.05) is 13.2 Å². The van der Waals surface area contributed by atoms with Crippen LogP contribution in [0.5, 0.6) is 5.75 Å². The van der Waals surface area contributed by atoms with Gasteiger partial charge in [-0.15, -0.1) is 0 Å². The Balaban J connectivity index is 2.21. The van der Waals surface area contributed by atoms with Crippen LogP contribution in [0.3, 0.4) is 0 Å². The van der Waals surface area contributed by atoms with E-state index >= 15 is 0 Å². The van der Waals surface area contributed by atoms with Gasteiger partial charge in [-0.1, -0.05) is 36.4 Å². The van der Waals surface area contributed by atoms with Gasteiger partial charge in [0.1, 0.15) is 12.4 Å². The molecular weight excluding hydrogens is 264 g/mol. The predicted octanol–water partition coefficient (Wildman–Crippen LogP) is 4.09. The molecular formula is C18H24O3. The molecule has 2 aromatic rings. The fourth-order valence-electron chi connectivity index (χ4n) is 2.24. The highest BCUT2D eigenvalue weighted by molar-refractivity contribution is 5.89. The maximum Gasteiger partial charge on any atom is 0.133 e. The lowest BCUT2D eigenvalue weighted by Gasteiger charge is -2.21. The summed E-state index contributed by atoms with van der Waals surface area (Å²) in [4.78, 5) is 0. The third-order valence-corrected chi connectivity index (χ3v) is 3.22. The molecule has 0 spiro atoms. The minimum Gasteiger partial charge on any atom is -0.490 e. The zero-order valence-corrected chi connectivity index (χ0v) is 13.2. The van der Waals surface area contributed by atoms with Crippen molar-refractivity contribution in [1.29, 1.82) is 0 Å². The second kappa shape index (κ2) is 6.46. The summed E-state index contributed by atoms with van der Waals surface area (Å²) < 4.78 is 11.6. The molecule has 0 aromatic heterocycles. The largest absolute Gasteiger partial charge is 0.490 e. The van der Waals surface area contributed by atoms with Crippen LogP contribution in [0, 0.1) is 0 Å². The highest BCUT2D eigenvalue weighted by atomic mass is 16.5. The topological polar surface area (TPSA) is 38.7 Å². The molecule has 1 N–H and O–H groups in total. The maximum atomic E-state index is 9.94. The van der Waals surface area contributed by atoms with Crippen molar-refractivity contribution < 1.29 is 14.6 Å². The minimum absolute atomic E-state index is 0.171. The van der Waals surface area contributed by atoms with E-state index in [4.69, 9.17) is 9.47 Å². The number of hydrogen-bond acceptors (Lipinski definition) is 3. The van der Waals surface area contributed by atoms with Crippen LogP contribution < -0.4 is 4.74 Å². The number of benzene rings is 2. The van der Waals surface area contributed by atoms with E-state index < -0.39 is 6.10 Å². The predicted molar refractivity (Wildman–Crippen MR) is 85.8 cm³/mol. The third kappa shape index (κ3) is 4.19. The van der Waals surface area contributed by atoms with Crippen molar-refractivity contribution in [1.82, 2.24) is 0 Å². The average molecular weight is 288 g/mol. The number of ether oxygens (including phenoxy) is 2. The molecule has 0 unspecified atom stereocenters. The minimum atomic E-state index is -0.562. The lowest BCUT2D eigenvalue weighted by Crippen LogP contribution is -2.22. The molecule has 2 rings (SSSR count). The van der Waals surface area contributed by atoms with Gasteiger partial charge in [0, 0.05) is 10.9 Å². The van der Waals surface area contributed by atoms with E-state index in [9.17, 15) is 5.11 Å². The van der Waals surface area contributed by atoms with E-state index in [0.717, 1.165) is 22.1 Å². The van der Waals surface area contributed by atoms with E-state index in [1.165, 1.54) is 0 Å². The Kier molecular flexibility index (Phi) is 4.86. The Morgan fingerprint density at radius 3 is 2.43 bits per heavy atom. The van der Waals surface area contributed by atoms with Gasteiger partial charge in [0.15, 0.2) is 0 Å². The van der Waals surface area contributed by atoms with Gasteiger partial charge in [-0.2, -0.15) is 0 Å². The van der Waals surface area contributed by atoms with Gasteiger partial charge in [0.2, 0.25) is 0 Å². The molecule has 0 aliphatic rings. The molecule has 2 aromatic carbocycles. The van der Waals surface area contributed by atoms with E-state index in [-0.39, 0.29) is 5.60 Å². The van der Waals surface area contributed by atoms with Gasteiger partial charge in [0.05, 0.1) is 18.3 Å². The molecule has 0 aliphatic carbocycles. The van der Waals surface area contributed by atoms with Crippen LogP contribution in [0.15, 0.2) is 36.4 Å². The molecule has 0 fully saturated rings. The van der Waals surface area contributed by atoms with E-state index in [0.29, 0.717) is 13.2 Å². The molecule has 1 atom stereocenters. The number of fused-ring (bicyclic) bond motifs is 1. The second-order valence-electron chi connectivity index (χ2n) is 6.19. The van der Waals surface area contributed by atoms with E-state index in [2.05, 4.69) is 0 Å². The summed E-state index contributed by atoms with van der Waals surface area (Å²) in [5.74, 6) is 0.751. The first-order valence-corrected chi connectivity index (χ1v) is 7.35. The van der Waals surface area contributed by atoms with Crippen LogP contribution in [0.4, 0.5) is 0 Å². The van der Waals surface area contributed by atoms with Gasteiger partial charge in [-0.05, 0) is 33.1 Å². The maximum absolute atomic E-state index is 9.94. The lowest BCUT2D eigenvalue weighted by molar-refractivity contribution is -0.0164. The second-order valence-corrected chi connectivity index (χ2v) is 6.19. The molecule has 3 nitrogen and oxygen atoms in total. The van der Waals surface area contributed by atoms with Crippen LogP contribution in [0.25, 0.3) is 10.8 Å². The molecule has 0 amide bonds. The first kappa shape index (κ1) is 15.8. The van der Waals surface area contributed by atoms with Crippen molar-refractivity contribution in [2.45, 2.75) is 39.4 Å². The Labute approximate surface area is 126 Å². The zero-order valence-electron chi connectivity index (χ0n) is 13.2. The van der Waals surface area contributed by atoms with Gasteiger partial charge < -0.3 is 14.6 Å². The summed E-state index contributed by atoms with van der Waals surface area (Å²) in [7, 11) is 0. The smallest absolute Gasteiger partial charge is 0.133 e. The summed E-state index contributed by atoms with van der Waals surface area (Å²) in [5.41, 5.74) is 0.638. The van der Waals surface area contributed by atoms with Crippen LogP contribution in [0.1, 0.15) is 39.4 Å². The third-order valence-electron chi connectivity index (χ3n) is 3.22. The summed E-state index contributed by atoms with van der Waals surface area (Å²) >= 11 is 0. The number of hydrogen-bond donors (Lipinski definition) is 1. The fourth-order valence-corrected chi connectivity index (χ4v) is 2.24. The van der Waals surface area contributed by atoms with Crippen molar-refractivity contribution in [3.05, 3.63) is 42.0 Å². The Bertz CT molecular complexity index is 597. The van der Waals surface area contributed by atoms with Crippen molar-refractivity contribution in [3.63, 3.8) is 0 Å². The number of aliphatic hydroxyl groups excluding tert-OH is 1. The molecule has 0 radical (unpaired) electrons. The summed E-state index contributed by atoms with van der Waals surface area (Å²) in [6.45, 7) is 8.80. The Morgan fingerprint density at radius 2 is 1.76 bits per heavy atom. The quantitative estimate of drug-likeness (QED) is 0.842. The van der Waals surface area contributed by atoms with Crippen LogP contribution >= 0.6 is 0 Å². The molecule has 0 saturated carbocycles. The normalized spacial score (nSPS) is 13.4. The Hall–Kier alpha value is -1.58. The number of rotatable bonds is 5. The van der Waals surface area contributed by atoms with Gasteiger partial charge in [-0.3, -0.25) is 0 Å². The number of aliphatic hydroxyl groups is 1. The van der Waals surface area contributed by atoms with Crippen molar-refractivity contribution in [3.8, 4) is 5.75 Å². The molecule has 21 heavy (non-hydrogen) atoms. The van der Waals surface area contributed by atoms with E-state index in [1.54, 1.807) is 6.92 Å². The summed E-state index contributed by atoms with van der Waals surface area (Å²) in [6.07, 6.45) is -0.562. The average Bonchev–Trinajstić information content (AvgIpc) is 2.42. The lowest BCUT2D eigenvalue weighted by atomic mass is 10.0. The van der Waals surface area contributed by atoms with Crippen molar-refractivity contribution >= 4 is 10.8 Å². The highest BCUT2D eigenvalue weighted by Crippen LogP contribution is 2.33. The molecule has 3 heteroatoms. The molecule has 114 valence electrons. The SMILES string of the molecule is C[C@H](O)c1ccc2ccccc2c1OCCOC(C)(C)C. The van der Waals surface area contributed by atoms with Crippen LogP contribution in [0.2, 0.25) is 0 Å². The summed E-state index contributed by atoms with van der Waals surface area (Å²) in [6, 6.07) is 12.0. The van der Waals surface area contributed by atoms with Crippen LogP contribution in [-0.4, -0.2) is 23.9 Å². The fraction of sp³-hybridized carbons (Fsp3) is 0.444. The van der Waals surface area contributed by atoms with Gasteiger partial charge in [-0.25, -0.2) is 0 Å². The first-order chi connectivity index (χ1) is 9.88. The standard InChI is InChI=1S/C18H24O3/c1-13(19)15-10-9-14-7-5-6-8-16(14)17(15)20-11-12-21-18(2,3)4/h5-10,13,19H,11-12H2,1-4H3/t13-/m0/s1. The van der Waals surface area contributed by atoms with Gasteiger partial charge in [0.25, 0.3) is 0 Å². The first-order valence-electron chi connectivity index (χ1n) is 7.35. The molecule has 0 saturated heterocycles. The highest BCUT2D eigenvalue weighted by Gasteiger charge is 2.14. The van der Waals surface area contributed by atoms with Crippen LogP contribution in [-0.2, 0) is 4.74 Å². The molecule has 0 heterocycles. The van der Waals surface area contributed by atoms with E-state index in [1.807, 2.05) is 57.2 Å². The molecule has 0 aliphatic heterocycles. The Morgan fingerprint density at radius 1 is 1.05 bits per heavy atom. The van der Waals surface area contributed by atoms with Gasteiger partial charge >= 0.3 is 0 Å².